The molecular formula is C11H21NO4. The van der Waals surface area contributed by atoms with Crippen LogP contribution in [-0.4, -0.2) is 36.7 Å². The van der Waals surface area contributed by atoms with Crippen molar-refractivity contribution >= 4 is 11.9 Å². The largest absolute Gasteiger partial charge is 0.458 e. The molecule has 0 aliphatic heterocycles. The Morgan fingerprint density at radius 1 is 1.19 bits per heavy atom. The fourth-order valence-corrected chi connectivity index (χ4v) is 0.887. The molecule has 0 radical (unpaired) electrons. The van der Waals surface area contributed by atoms with Crippen LogP contribution >= 0.6 is 0 Å². The smallest absolute Gasteiger partial charge is 0.328 e. The second-order valence-electron chi connectivity index (χ2n) is 4.64. The van der Waals surface area contributed by atoms with Gasteiger partial charge in [-0.1, -0.05) is 0 Å². The summed E-state index contributed by atoms with van der Waals surface area (Å²) >= 11 is 0. The number of hydrogen-bond acceptors (Lipinski definition) is 4. The van der Waals surface area contributed by atoms with Crippen LogP contribution in [0.1, 0.15) is 34.6 Å². The van der Waals surface area contributed by atoms with Crippen molar-refractivity contribution in [2.75, 3.05) is 7.11 Å². The van der Waals surface area contributed by atoms with Gasteiger partial charge in [-0.2, -0.15) is 0 Å². The van der Waals surface area contributed by atoms with Crippen LogP contribution in [0.4, 0.5) is 0 Å². The number of esters is 1. The summed E-state index contributed by atoms with van der Waals surface area (Å²) in [6, 6.07) is -0.677. The maximum atomic E-state index is 11.5. The molecule has 0 bridgehead atoms. The number of carbonyl (C=O) groups excluding carboxylic acids is 2. The molecule has 0 saturated heterocycles. The molecule has 1 amide bonds. The number of rotatable bonds is 4. The fraction of sp³-hybridized carbons (Fsp3) is 0.818. The SMILES string of the molecule is COC(C)C(=O)N[C@@H](C)C(=O)OC(C)(C)C. The van der Waals surface area contributed by atoms with E-state index in [0.717, 1.165) is 0 Å². The predicted molar refractivity (Wildman–Crippen MR) is 59.9 cm³/mol. The molecule has 0 rings (SSSR count). The van der Waals surface area contributed by atoms with Gasteiger partial charge in [-0.05, 0) is 34.6 Å². The number of ether oxygens (including phenoxy) is 2. The molecule has 0 aliphatic carbocycles. The normalized spacial score (nSPS) is 15.1. The van der Waals surface area contributed by atoms with Gasteiger partial charge in [0.05, 0.1) is 0 Å². The van der Waals surface area contributed by atoms with Crippen LogP contribution in [0.3, 0.4) is 0 Å². The predicted octanol–water partition coefficient (Wildman–Crippen LogP) is 0.868. The quantitative estimate of drug-likeness (QED) is 0.729. The molecule has 0 heterocycles. The average molecular weight is 231 g/mol. The van der Waals surface area contributed by atoms with Gasteiger partial charge in [0.1, 0.15) is 17.7 Å². The highest BCUT2D eigenvalue weighted by Gasteiger charge is 2.24. The molecule has 0 fully saturated rings. The second kappa shape index (κ2) is 5.84. The Morgan fingerprint density at radius 3 is 2.06 bits per heavy atom. The number of amides is 1. The summed E-state index contributed by atoms with van der Waals surface area (Å²) in [5.74, 6) is -0.787. The van der Waals surface area contributed by atoms with E-state index in [1.807, 2.05) is 0 Å². The molecule has 5 nitrogen and oxygen atoms in total. The molecule has 0 aromatic carbocycles. The lowest BCUT2D eigenvalue weighted by atomic mass is 10.2. The molecule has 0 aliphatic rings. The minimum atomic E-state index is -0.677. The van der Waals surface area contributed by atoms with Gasteiger partial charge in [-0.15, -0.1) is 0 Å². The summed E-state index contributed by atoms with van der Waals surface area (Å²) in [6.07, 6.45) is -0.579. The summed E-state index contributed by atoms with van der Waals surface area (Å²) in [5, 5.41) is 2.51. The van der Waals surface area contributed by atoms with Gasteiger partial charge in [0.15, 0.2) is 0 Å². The summed E-state index contributed by atoms with van der Waals surface area (Å²) < 4.78 is 9.95. The summed E-state index contributed by atoms with van der Waals surface area (Å²) in [4.78, 5) is 22.9. The first-order valence-electron chi connectivity index (χ1n) is 5.23. The Labute approximate surface area is 96.5 Å². The molecule has 0 saturated carbocycles. The molecule has 1 N–H and O–H groups in total. The summed E-state index contributed by atoms with van der Waals surface area (Å²) in [6.45, 7) is 8.51. The van der Waals surface area contributed by atoms with Crippen molar-refractivity contribution < 1.29 is 19.1 Å². The Hall–Kier alpha value is -1.10. The van der Waals surface area contributed by atoms with Crippen molar-refractivity contribution in [3.63, 3.8) is 0 Å². The molecule has 1 unspecified atom stereocenters. The molecule has 2 atom stereocenters. The zero-order valence-electron chi connectivity index (χ0n) is 10.8. The zero-order chi connectivity index (χ0) is 12.9. The number of carbonyl (C=O) groups is 2. The minimum Gasteiger partial charge on any atom is -0.458 e. The van der Waals surface area contributed by atoms with Crippen molar-refractivity contribution in [2.45, 2.75) is 52.4 Å². The van der Waals surface area contributed by atoms with Gasteiger partial charge < -0.3 is 14.8 Å². The Balaban J connectivity index is 4.21. The third kappa shape index (κ3) is 5.70. The van der Waals surface area contributed by atoms with E-state index in [2.05, 4.69) is 5.32 Å². The van der Waals surface area contributed by atoms with Gasteiger partial charge >= 0.3 is 5.97 Å². The standard InChI is InChI=1S/C11H21NO4/c1-7(10(14)16-11(3,4)5)12-9(13)8(2)15-6/h7-8H,1-6H3,(H,12,13)/t7-,8?/m0/s1. The van der Waals surface area contributed by atoms with Crippen LogP contribution in [0.25, 0.3) is 0 Å². The molecule has 0 spiro atoms. The number of hydrogen-bond donors (Lipinski definition) is 1. The van der Waals surface area contributed by atoms with Gasteiger partial charge in [-0.3, -0.25) is 4.79 Å². The van der Waals surface area contributed by atoms with Gasteiger partial charge in [0.25, 0.3) is 0 Å². The molecule has 94 valence electrons. The lowest BCUT2D eigenvalue weighted by Crippen LogP contribution is -2.45. The van der Waals surface area contributed by atoms with E-state index in [9.17, 15) is 9.59 Å². The molecule has 16 heavy (non-hydrogen) atoms. The third-order valence-electron chi connectivity index (χ3n) is 1.84. The van der Waals surface area contributed by atoms with Crippen LogP contribution in [-0.2, 0) is 19.1 Å². The van der Waals surface area contributed by atoms with E-state index in [1.165, 1.54) is 7.11 Å². The van der Waals surface area contributed by atoms with Gasteiger partial charge in [-0.25, -0.2) is 4.79 Å². The highest BCUT2D eigenvalue weighted by Crippen LogP contribution is 2.08. The lowest BCUT2D eigenvalue weighted by Gasteiger charge is -2.23. The van der Waals surface area contributed by atoms with Crippen LogP contribution in [0, 0.1) is 0 Å². The Morgan fingerprint density at radius 2 is 1.69 bits per heavy atom. The van der Waals surface area contributed by atoms with Crippen LogP contribution in [0.2, 0.25) is 0 Å². The van der Waals surface area contributed by atoms with Crippen molar-refractivity contribution in [3.8, 4) is 0 Å². The molecular weight excluding hydrogens is 210 g/mol. The fourth-order valence-electron chi connectivity index (χ4n) is 0.887. The summed E-state index contributed by atoms with van der Waals surface area (Å²) in [5.41, 5.74) is -0.553. The lowest BCUT2D eigenvalue weighted by molar-refractivity contribution is -0.158. The molecule has 0 aromatic rings. The highest BCUT2D eigenvalue weighted by molar-refractivity contribution is 5.86. The van der Waals surface area contributed by atoms with E-state index >= 15 is 0 Å². The van der Waals surface area contributed by atoms with E-state index < -0.39 is 23.7 Å². The number of methoxy groups -OCH3 is 1. The zero-order valence-corrected chi connectivity index (χ0v) is 10.8. The van der Waals surface area contributed by atoms with Crippen molar-refractivity contribution in [1.29, 1.82) is 0 Å². The first-order chi connectivity index (χ1) is 7.17. The van der Waals surface area contributed by atoms with Gasteiger partial charge in [0, 0.05) is 7.11 Å². The average Bonchev–Trinajstić information content (AvgIpc) is 2.13. The van der Waals surface area contributed by atoms with E-state index in [4.69, 9.17) is 9.47 Å². The summed E-state index contributed by atoms with van der Waals surface area (Å²) in [7, 11) is 1.43. The van der Waals surface area contributed by atoms with Crippen LogP contribution < -0.4 is 5.32 Å². The highest BCUT2D eigenvalue weighted by atomic mass is 16.6. The first kappa shape index (κ1) is 14.9. The van der Waals surface area contributed by atoms with E-state index in [1.54, 1.807) is 34.6 Å². The van der Waals surface area contributed by atoms with E-state index in [-0.39, 0.29) is 5.91 Å². The van der Waals surface area contributed by atoms with Crippen molar-refractivity contribution in [3.05, 3.63) is 0 Å². The molecule has 0 aromatic heterocycles. The Kier molecular flexibility index (Phi) is 5.44. The van der Waals surface area contributed by atoms with Crippen LogP contribution in [0.5, 0.6) is 0 Å². The monoisotopic (exact) mass is 231 g/mol. The third-order valence-corrected chi connectivity index (χ3v) is 1.84. The molecule has 5 heteroatoms. The first-order valence-corrected chi connectivity index (χ1v) is 5.23. The van der Waals surface area contributed by atoms with Crippen molar-refractivity contribution in [2.24, 2.45) is 0 Å². The maximum Gasteiger partial charge on any atom is 0.328 e. The van der Waals surface area contributed by atoms with E-state index in [0.29, 0.717) is 0 Å². The maximum absolute atomic E-state index is 11.5. The van der Waals surface area contributed by atoms with Crippen molar-refractivity contribution in [1.82, 2.24) is 5.32 Å². The number of nitrogens with one attached hydrogen (secondary N) is 1. The minimum absolute atomic E-state index is 0.333. The second-order valence-corrected chi connectivity index (χ2v) is 4.64. The Bertz CT molecular complexity index is 257. The topological polar surface area (TPSA) is 64.6 Å². The van der Waals surface area contributed by atoms with Crippen LogP contribution in [0.15, 0.2) is 0 Å². The van der Waals surface area contributed by atoms with Gasteiger partial charge in [0.2, 0.25) is 5.91 Å².